The van der Waals surface area contributed by atoms with E-state index in [4.69, 9.17) is 0 Å². The molecule has 1 amide bonds. The number of carbonyl (C=O) groups excluding carboxylic acids is 1. The lowest BCUT2D eigenvalue weighted by Gasteiger charge is -1.99. The van der Waals surface area contributed by atoms with Crippen LogP contribution in [0.4, 0.5) is 5.13 Å². The molecule has 0 aliphatic heterocycles. The number of rotatable bonds is 2. The van der Waals surface area contributed by atoms with Crippen LogP contribution in [0.1, 0.15) is 15.4 Å². The molecule has 2 heterocycles. The number of nitrogens with one attached hydrogen (secondary N) is 2. The van der Waals surface area contributed by atoms with Crippen LogP contribution < -0.4 is 10.9 Å². The highest BCUT2D eigenvalue weighted by Crippen LogP contribution is 2.14. The van der Waals surface area contributed by atoms with Crippen LogP contribution in [0.25, 0.3) is 0 Å². The predicted molar refractivity (Wildman–Crippen MR) is 59.7 cm³/mol. The van der Waals surface area contributed by atoms with E-state index in [0.717, 1.165) is 5.01 Å². The van der Waals surface area contributed by atoms with E-state index in [0.29, 0.717) is 5.13 Å². The van der Waals surface area contributed by atoms with E-state index in [9.17, 15) is 9.59 Å². The molecule has 0 aliphatic rings. The van der Waals surface area contributed by atoms with Gasteiger partial charge in [0.2, 0.25) is 10.7 Å². The first kappa shape index (κ1) is 10.5. The van der Waals surface area contributed by atoms with E-state index >= 15 is 0 Å². The van der Waals surface area contributed by atoms with Gasteiger partial charge in [0, 0.05) is 17.8 Å². The maximum Gasteiger partial charge on any atom is 0.257 e. The highest BCUT2D eigenvalue weighted by Gasteiger charge is 2.08. The van der Waals surface area contributed by atoms with Gasteiger partial charge in [-0.3, -0.25) is 14.9 Å². The van der Waals surface area contributed by atoms with Gasteiger partial charge in [-0.15, -0.1) is 10.2 Å². The maximum atomic E-state index is 11.7. The van der Waals surface area contributed by atoms with Gasteiger partial charge in [-0.2, -0.15) is 0 Å². The Hall–Kier alpha value is -2.02. The number of H-pyrrole nitrogens is 1. The summed E-state index contributed by atoms with van der Waals surface area (Å²) < 4.78 is 0. The minimum atomic E-state index is -0.373. The Morgan fingerprint density at radius 3 is 2.94 bits per heavy atom. The zero-order chi connectivity index (χ0) is 11.5. The molecule has 0 saturated carbocycles. The minimum Gasteiger partial charge on any atom is -0.329 e. The van der Waals surface area contributed by atoms with E-state index in [-0.39, 0.29) is 17.0 Å². The molecule has 0 unspecified atom stereocenters. The highest BCUT2D eigenvalue weighted by atomic mass is 32.1. The monoisotopic (exact) mass is 236 g/mol. The Bertz CT molecular complexity index is 575. The summed E-state index contributed by atoms with van der Waals surface area (Å²) in [7, 11) is 0. The van der Waals surface area contributed by atoms with Gasteiger partial charge >= 0.3 is 0 Å². The number of amides is 1. The molecule has 2 aromatic rings. The Morgan fingerprint density at radius 1 is 1.50 bits per heavy atom. The van der Waals surface area contributed by atoms with Crippen molar-refractivity contribution in [2.24, 2.45) is 0 Å². The SMILES string of the molecule is Cc1nnc(NC(=O)c2cc[nH]c(=O)c2)s1. The second-order valence-electron chi connectivity index (χ2n) is 3.02. The predicted octanol–water partition coefficient (Wildman–Crippen LogP) is 0.787. The van der Waals surface area contributed by atoms with Gasteiger partial charge in [-0.05, 0) is 13.0 Å². The van der Waals surface area contributed by atoms with Crippen molar-refractivity contribution in [2.45, 2.75) is 6.92 Å². The molecule has 0 radical (unpaired) electrons. The topological polar surface area (TPSA) is 87.7 Å². The van der Waals surface area contributed by atoms with Gasteiger partial charge in [0.15, 0.2) is 0 Å². The third-order valence-electron chi connectivity index (χ3n) is 1.78. The summed E-state index contributed by atoms with van der Waals surface area (Å²) in [5, 5.41) is 11.3. The van der Waals surface area contributed by atoms with Crippen molar-refractivity contribution < 1.29 is 4.79 Å². The number of pyridine rings is 1. The molecule has 0 aromatic carbocycles. The number of hydrogen-bond donors (Lipinski definition) is 2. The van der Waals surface area contributed by atoms with Crippen LogP contribution in [0.15, 0.2) is 23.1 Å². The maximum absolute atomic E-state index is 11.7. The van der Waals surface area contributed by atoms with E-state index in [1.54, 1.807) is 6.92 Å². The average Bonchev–Trinajstić information content (AvgIpc) is 2.64. The molecular weight excluding hydrogens is 228 g/mol. The average molecular weight is 236 g/mol. The van der Waals surface area contributed by atoms with Gasteiger partial charge in [-0.25, -0.2) is 0 Å². The molecule has 7 heteroatoms. The van der Waals surface area contributed by atoms with Crippen molar-refractivity contribution >= 4 is 22.4 Å². The molecule has 2 rings (SSSR count). The summed E-state index contributed by atoms with van der Waals surface area (Å²) in [6, 6.07) is 2.74. The van der Waals surface area contributed by atoms with Crippen LogP contribution in [0.5, 0.6) is 0 Å². The van der Waals surface area contributed by atoms with Crippen molar-refractivity contribution in [3.63, 3.8) is 0 Å². The summed E-state index contributed by atoms with van der Waals surface area (Å²) in [6.07, 6.45) is 1.42. The third kappa shape index (κ3) is 2.31. The lowest BCUT2D eigenvalue weighted by molar-refractivity contribution is 0.102. The quantitative estimate of drug-likeness (QED) is 0.806. The molecule has 16 heavy (non-hydrogen) atoms. The first-order valence-electron chi connectivity index (χ1n) is 4.45. The lowest BCUT2D eigenvalue weighted by atomic mass is 10.2. The molecule has 2 aromatic heterocycles. The van der Waals surface area contributed by atoms with Crippen molar-refractivity contribution in [2.75, 3.05) is 5.32 Å². The number of aromatic amines is 1. The van der Waals surface area contributed by atoms with Gasteiger partial charge in [0.05, 0.1) is 0 Å². The van der Waals surface area contributed by atoms with E-state index in [1.165, 1.54) is 29.7 Å². The van der Waals surface area contributed by atoms with Gasteiger partial charge in [0.25, 0.3) is 5.91 Å². The van der Waals surface area contributed by atoms with Gasteiger partial charge in [0.1, 0.15) is 5.01 Å². The van der Waals surface area contributed by atoms with Crippen molar-refractivity contribution in [3.8, 4) is 0 Å². The molecule has 0 spiro atoms. The Balaban J connectivity index is 2.17. The summed E-state index contributed by atoms with van der Waals surface area (Å²) in [5.41, 5.74) is -0.0299. The second-order valence-corrected chi connectivity index (χ2v) is 4.20. The summed E-state index contributed by atoms with van der Waals surface area (Å²) >= 11 is 1.27. The molecule has 0 aliphatic carbocycles. The highest BCUT2D eigenvalue weighted by molar-refractivity contribution is 7.15. The first-order valence-corrected chi connectivity index (χ1v) is 5.27. The number of hydrogen-bond acceptors (Lipinski definition) is 5. The largest absolute Gasteiger partial charge is 0.329 e. The number of anilines is 1. The van der Waals surface area contributed by atoms with Gasteiger partial charge < -0.3 is 4.98 Å². The van der Waals surface area contributed by atoms with E-state index in [1.807, 2.05) is 0 Å². The van der Waals surface area contributed by atoms with E-state index < -0.39 is 0 Å². The smallest absolute Gasteiger partial charge is 0.257 e. The molecule has 0 saturated heterocycles. The summed E-state index contributed by atoms with van der Waals surface area (Å²) in [4.78, 5) is 25.1. The summed E-state index contributed by atoms with van der Waals surface area (Å²) in [5.74, 6) is -0.373. The van der Waals surface area contributed by atoms with Crippen molar-refractivity contribution in [1.29, 1.82) is 0 Å². The molecule has 82 valence electrons. The Kier molecular flexibility index (Phi) is 2.78. The van der Waals surface area contributed by atoms with Crippen LogP contribution in [0, 0.1) is 6.92 Å². The number of nitrogens with zero attached hydrogens (tertiary/aromatic N) is 2. The molecular formula is C9H8N4O2S. The number of aromatic nitrogens is 3. The molecule has 0 bridgehead atoms. The zero-order valence-corrected chi connectivity index (χ0v) is 9.17. The molecule has 0 fully saturated rings. The number of carbonyl (C=O) groups is 1. The van der Waals surface area contributed by atoms with Crippen LogP contribution in [-0.4, -0.2) is 21.1 Å². The normalized spacial score (nSPS) is 10.1. The third-order valence-corrected chi connectivity index (χ3v) is 2.54. The van der Waals surface area contributed by atoms with Crippen LogP contribution in [0.3, 0.4) is 0 Å². The number of aryl methyl sites for hydroxylation is 1. The minimum absolute atomic E-state index is 0.289. The van der Waals surface area contributed by atoms with Crippen LogP contribution in [-0.2, 0) is 0 Å². The lowest BCUT2D eigenvalue weighted by Crippen LogP contribution is -2.15. The fourth-order valence-electron chi connectivity index (χ4n) is 1.10. The zero-order valence-electron chi connectivity index (χ0n) is 8.35. The standard InChI is InChI=1S/C9H8N4O2S/c1-5-12-13-9(16-5)11-8(15)6-2-3-10-7(14)4-6/h2-4H,1H3,(H,10,14)(H,11,13,15). The Morgan fingerprint density at radius 2 is 2.31 bits per heavy atom. The van der Waals surface area contributed by atoms with E-state index in [2.05, 4.69) is 20.5 Å². The van der Waals surface area contributed by atoms with Crippen LogP contribution >= 0.6 is 11.3 Å². The molecule has 2 N–H and O–H groups in total. The summed E-state index contributed by atoms with van der Waals surface area (Å²) in [6.45, 7) is 1.79. The molecule has 6 nitrogen and oxygen atoms in total. The van der Waals surface area contributed by atoms with Crippen LogP contribution in [0.2, 0.25) is 0 Å². The van der Waals surface area contributed by atoms with Crippen molar-refractivity contribution in [1.82, 2.24) is 15.2 Å². The fraction of sp³-hybridized carbons (Fsp3) is 0.111. The molecule has 0 atom stereocenters. The van der Waals surface area contributed by atoms with Crippen molar-refractivity contribution in [3.05, 3.63) is 39.3 Å². The second kappa shape index (κ2) is 4.23. The fourth-order valence-corrected chi connectivity index (χ4v) is 1.69. The first-order chi connectivity index (χ1) is 7.65. The van der Waals surface area contributed by atoms with Gasteiger partial charge in [-0.1, -0.05) is 11.3 Å². The Labute approximate surface area is 94.4 Å².